The first-order valence-electron chi connectivity index (χ1n) is 5.18. The molecule has 1 aromatic heterocycles. The summed E-state index contributed by atoms with van der Waals surface area (Å²) >= 11 is 3.01. The van der Waals surface area contributed by atoms with E-state index in [0.717, 1.165) is 11.1 Å². The molecule has 0 saturated heterocycles. The third-order valence-electron chi connectivity index (χ3n) is 2.66. The van der Waals surface area contributed by atoms with Crippen LogP contribution in [-0.4, -0.2) is 9.78 Å². The highest BCUT2D eigenvalue weighted by molar-refractivity contribution is 9.10. The van der Waals surface area contributed by atoms with Crippen molar-refractivity contribution in [3.63, 3.8) is 0 Å². The molecule has 0 radical (unpaired) electrons. The van der Waals surface area contributed by atoms with Crippen LogP contribution in [-0.2, 0) is 13.2 Å². The average Bonchev–Trinajstić information content (AvgIpc) is 2.55. The van der Waals surface area contributed by atoms with Gasteiger partial charge in [-0.3, -0.25) is 4.68 Å². The second-order valence-electron chi connectivity index (χ2n) is 3.95. The molecule has 0 aliphatic carbocycles. The molecule has 0 spiro atoms. The van der Waals surface area contributed by atoms with Crippen LogP contribution in [0.25, 0.3) is 11.3 Å². The maximum Gasteiger partial charge on any atom is 0.436 e. The van der Waals surface area contributed by atoms with Gasteiger partial charge in [0.1, 0.15) is 0 Å². The highest BCUT2D eigenvalue weighted by Gasteiger charge is 2.38. The molecule has 2 aromatic rings. The predicted octanol–water partition coefficient (Wildman–Crippen LogP) is 4.18. The van der Waals surface area contributed by atoms with Gasteiger partial charge < -0.3 is 0 Å². The molecule has 6 heteroatoms. The highest BCUT2D eigenvalue weighted by atomic mass is 79.9. The molecule has 0 N–H and O–H groups in total. The molecular formula is C12H10BrF3N2. The summed E-state index contributed by atoms with van der Waals surface area (Å²) in [5.41, 5.74) is 1.16. The van der Waals surface area contributed by atoms with E-state index in [9.17, 15) is 13.2 Å². The zero-order valence-electron chi connectivity index (χ0n) is 9.72. The molecule has 0 saturated carbocycles. The first-order valence-corrected chi connectivity index (χ1v) is 5.97. The van der Waals surface area contributed by atoms with Crippen LogP contribution in [0, 0.1) is 6.92 Å². The first kappa shape index (κ1) is 13.1. The zero-order chi connectivity index (χ0) is 13.5. The lowest BCUT2D eigenvalue weighted by Crippen LogP contribution is -2.07. The molecule has 0 aliphatic heterocycles. The van der Waals surface area contributed by atoms with E-state index in [1.165, 1.54) is 11.7 Å². The monoisotopic (exact) mass is 318 g/mol. The quantitative estimate of drug-likeness (QED) is 0.771. The Labute approximate surface area is 111 Å². The van der Waals surface area contributed by atoms with Crippen LogP contribution in [0.3, 0.4) is 0 Å². The van der Waals surface area contributed by atoms with Crippen molar-refractivity contribution in [1.29, 1.82) is 0 Å². The van der Waals surface area contributed by atoms with Crippen molar-refractivity contribution >= 4 is 15.9 Å². The Balaban J connectivity index is 2.67. The molecule has 0 bridgehead atoms. The SMILES string of the molecule is Cc1ccccc1-c1c(Br)c(C(F)(F)F)nn1C. The average molecular weight is 319 g/mol. The fourth-order valence-electron chi connectivity index (χ4n) is 1.81. The summed E-state index contributed by atoms with van der Waals surface area (Å²) in [7, 11) is 1.50. The maximum atomic E-state index is 12.8. The van der Waals surface area contributed by atoms with E-state index in [1.807, 2.05) is 19.1 Å². The second-order valence-corrected chi connectivity index (χ2v) is 4.74. The van der Waals surface area contributed by atoms with Crippen molar-refractivity contribution < 1.29 is 13.2 Å². The van der Waals surface area contributed by atoms with Gasteiger partial charge in [0, 0.05) is 12.6 Å². The first-order chi connectivity index (χ1) is 8.32. The van der Waals surface area contributed by atoms with E-state index in [4.69, 9.17) is 0 Å². The van der Waals surface area contributed by atoms with Crippen LogP contribution < -0.4 is 0 Å². The van der Waals surface area contributed by atoms with Gasteiger partial charge in [-0.05, 0) is 28.4 Å². The predicted molar refractivity (Wildman–Crippen MR) is 66.1 cm³/mol. The number of benzene rings is 1. The summed E-state index contributed by atoms with van der Waals surface area (Å²) < 4.78 is 39.5. The fourth-order valence-corrected chi connectivity index (χ4v) is 2.58. The molecule has 0 atom stereocenters. The number of hydrogen-bond acceptors (Lipinski definition) is 1. The summed E-state index contributed by atoms with van der Waals surface area (Å²) in [5.74, 6) is 0. The lowest BCUT2D eigenvalue weighted by molar-refractivity contribution is -0.142. The topological polar surface area (TPSA) is 17.8 Å². The van der Waals surface area contributed by atoms with Crippen molar-refractivity contribution in [1.82, 2.24) is 9.78 Å². The van der Waals surface area contributed by atoms with Crippen LogP contribution in [0.2, 0.25) is 0 Å². The lowest BCUT2D eigenvalue weighted by atomic mass is 10.1. The van der Waals surface area contributed by atoms with E-state index < -0.39 is 11.9 Å². The van der Waals surface area contributed by atoms with Gasteiger partial charge in [-0.15, -0.1) is 0 Å². The molecular weight excluding hydrogens is 309 g/mol. The Morgan fingerprint density at radius 1 is 1.22 bits per heavy atom. The van der Waals surface area contributed by atoms with Crippen LogP contribution in [0.15, 0.2) is 28.7 Å². The zero-order valence-corrected chi connectivity index (χ0v) is 11.3. The number of rotatable bonds is 1. The summed E-state index contributed by atoms with van der Waals surface area (Å²) in [6.45, 7) is 1.85. The Morgan fingerprint density at radius 2 is 1.83 bits per heavy atom. The van der Waals surface area contributed by atoms with E-state index >= 15 is 0 Å². The third-order valence-corrected chi connectivity index (χ3v) is 3.41. The Kier molecular flexibility index (Phi) is 3.23. The number of nitrogens with zero attached hydrogens (tertiary/aromatic N) is 2. The molecule has 0 aliphatic rings. The summed E-state index contributed by atoms with van der Waals surface area (Å²) in [5, 5.41) is 3.54. The summed E-state index contributed by atoms with van der Waals surface area (Å²) in [4.78, 5) is 0. The minimum atomic E-state index is -4.46. The maximum absolute atomic E-state index is 12.8. The standard InChI is InChI=1S/C12H10BrF3N2/c1-7-5-3-4-6-8(7)10-9(13)11(12(14,15)16)17-18(10)2/h3-6H,1-2H3. The number of aryl methyl sites for hydroxylation is 2. The van der Waals surface area contributed by atoms with E-state index in [-0.39, 0.29) is 4.47 Å². The highest BCUT2D eigenvalue weighted by Crippen LogP contribution is 2.40. The summed E-state index contributed by atoms with van der Waals surface area (Å²) in [6, 6.07) is 7.25. The molecule has 18 heavy (non-hydrogen) atoms. The van der Waals surface area contributed by atoms with Gasteiger partial charge in [0.05, 0.1) is 10.2 Å². The van der Waals surface area contributed by atoms with Gasteiger partial charge in [-0.25, -0.2) is 0 Å². The van der Waals surface area contributed by atoms with Crippen molar-refractivity contribution in [2.45, 2.75) is 13.1 Å². The largest absolute Gasteiger partial charge is 0.436 e. The number of alkyl halides is 3. The van der Waals surface area contributed by atoms with Crippen molar-refractivity contribution in [3.05, 3.63) is 40.0 Å². The lowest BCUT2D eigenvalue weighted by Gasteiger charge is -2.06. The van der Waals surface area contributed by atoms with Gasteiger partial charge in [-0.1, -0.05) is 24.3 Å². The molecule has 0 fully saturated rings. The number of hydrogen-bond donors (Lipinski definition) is 0. The van der Waals surface area contributed by atoms with Crippen LogP contribution >= 0.6 is 15.9 Å². The van der Waals surface area contributed by atoms with Gasteiger partial charge in [-0.2, -0.15) is 18.3 Å². The van der Waals surface area contributed by atoms with Crippen molar-refractivity contribution in [3.8, 4) is 11.3 Å². The van der Waals surface area contributed by atoms with Crippen molar-refractivity contribution in [2.24, 2.45) is 7.05 Å². The van der Waals surface area contributed by atoms with Gasteiger partial charge >= 0.3 is 6.18 Å². The smallest absolute Gasteiger partial charge is 0.266 e. The molecule has 96 valence electrons. The molecule has 2 nitrogen and oxygen atoms in total. The molecule has 0 unspecified atom stereocenters. The minimum Gasteiger partial charge on any atom is -0.266 e. The van der Waals surface area contributed by atoms with Crippen LogP contribution in [0.5, 0.6) is 0 Å². The normalized spacial score (nSPS) is 11.9. The van der Waals surface area contributed by atoms with Gasteiger partial charge in [0.15, 0.2) is 5.69 Å². The van der Waals surface area contributed by atoms with E-state index in [2.05, 4.69) is 21.0 Å². The van der Waals surface area contributed by atoms with Crippen LogP contribution in [0.4, 0.5) is 13.2 Å². The minimum absolute atomic E-state index is 0.0215. The van der Waals surface area contributed by atoms with Gasteiger partial charge in [0.2, 0.25) is 0 Å². The van der Waals surface area contributed by atoms with Crippen molar-refractivity contribution in [2.75, 3.05) is 0 Å². The van der Waals surface area contributed by atoms with E-state index in [1.54, 1.807) is 12.1 Å². The third kappa shape index (κ3) is 2.16. The fraction of sp³-hybridized carbons (Fsp3) is 0.250. The number of aromatic nitrogens is 2. The molecule has 1 heterocycles. The second kappa shape index (κ2) is 4.42. The Morgan fingerprint density at radius 3 is 2.33 bits per heavy atom. The Hall–Kier alpha value is -1.30. The molecule has 1 aromatic carbocycles. The van der Waals surface area contributed by atoms with Gasteiger partial charge in [0.25, 0.3) is 0 Å². The number of halogens is 4. The Bertz CT molecular complexity index is 587. The molecule has 0 amide bonds. The van der Waals surface area contributed by atoms with Crippen LogP contribution in [0.1, 0.15) is 11.3 Å². The van der Waals surface area contributed by atoms with E-state index in [0.29, 0.717) is 5.69 Å². The molecule has 2 rings (SSSR count). The summed E-state index contributed by atoms with van der Waals surface area (Å²) in [6.07, 6.45) is -4.46.